The SMILES string of the molecule is O=C(CSc1ccncc1)C12CC3CC(CC(C3)C1)C2. The molecule has 1 aromatic rings. The van der Waals surface area contributed by atoms with Gasteiger partial charge in [-0.25, -0.2) is 0 Å². The maximum absolute atomic E-state index is 12.8. The lowest BCUT2D eigenvalue weighted by Gasteiger charge is -2.56. The maximum atomic E-state index is 12.8. The highest BCUT2D eigenvalue weighted by Gasteiger charge is 2.53. The minimum Gasteiger partial charge on any atom is -0.298 e. The molecule has 0 spiro atoms. The molecule has 106 valence electrons. The molecule has 0 unspecified atom stereocenters. The summed E-state index contributed by atoms with van der Waals surface area (Å²) in [7, 11) is 0. The van der Waals surface area contributed by atoms with Crippen molar-refractivity contribution in [3.8, 4) is 0 Å². The summed E-state index contributed by atoms with van der Waals surface area (Å²) >= 11 is 1.69. The third-order valence-electron chi connectivity index (χ3n) is 5.65. The van der Waals surface area contributed by atoms with Crippen LogP contribution in [-0.2, 0) is 4.79 Å². The van der Waals surface area contributed by atoms with Gasteiger partial charge in [-0.2, -0.15) is 0 Å². The van der Waals surface area contributed by atoms with Gasteiger partial charge in [0.15, 0.2) is 0 Å². The number of carbonyl (C=O) groups excluding carboxylic acids is 1. The normalized spacial score (nSPS) is 38.1. The van der Waals surface area contributed by atoms with Crippen LogP contribution in [0.3, 0.4) is 0 Å². The van der Waals surface area contributed by atoms with E-state index in [9.17, 15) is 4.79 Å². The number of Topliss-reactive ketones (excluding diaryl/α,β-unsaturated/α-hetero) is 1. The number of hydrogen-bond acceptors (Lipinski definition) is 3. The van der Waals surface area contributed by atoms with Crippen molar-refractivity contribution in [2.45, 2.75) is 43.4 Å². The molecular formula is C17H21NOS. The average Bonchev–Trinajstić information content (AvgIpc) is 2.44. The van der Waals surface area contributed by atoms with E-state index in [1.807, 2.05) is 12.1 Å². The molecule has 4 aliphatic carbocycles. The summed E-state index contributed by atoms with van der Waals surface area (Å²) in [5.41, 5.74) is 0.0643. The molecule has 1 aromatic heterocycles. The first-order chi connectivity index (χ1) is 9.73. The van der Waals surface area contributed by atoms with Crippen molar-refractivity contribution in [2.75, 3.05) is 5.75 Å². The highest BCUT2D eigenvalue weighted by Crippen LogP contribution is 2.60. The molecule has 4 saturated carbocycles. The van der Waals surface area contributed by atoms with Crippen LogP contribution in [0.25, 0.3) is 0 Å². The summed E-state index contributed by atoms with van der Waals surface area (Å²) in [5.74, 6) is 3.75. The number of hydrogen-bond donors (Lipinski definition) is 0. The Morgan fingerprint density at radius 1 is 1.10 bits per heavy atom. The van der Waals surface area contributed by atoms with Crippen molar-refractivity contribution in [3.05, 3.63) is 24.5 Å². The Labute approximate surface area is 124 Å². The number of rotatable bonds is 4. The summed E-state index contributed by atoms with van der Waals surface area (Å²) in [6.07, 6.45) is 11.4. The van der Waals surface area contributed by atoms with Gasteiger partial charge >= 0.3 is 0 Å². The summed E-state index contributed by atoms with van der Waals surface area (Å²) in [4.78, 5) is 18.0. The third kappa shape index (κ3) is 2.20. The predicted molar refractivity (Wildman–Crippen MR) is 80.6 cm³/mol. The quantitative estimate of drug-likeness (QED) is 0.785. The molecule has 4 bridgehead atoms. The number of nitrogens with zero attached hydrogens (tertiary/aromatic N) is 1. The number of thioether (sulfide) groups is 1. The minimum absolute atomic E-state index is 0.0643. The van der Waals surface area contributed by atoms with E-state index in [4.69, 9.17) is 0 Å². The van der Waals surface area contributed by atoms with Crippen molar-refractivity contribution < 1.29 is 4.79 Å². The van der Waals surface area contributed by atoms with Crippen molar-refractivity contribution in [3.63, 3.8) is 0 Å². The molecule has 0 aliphatic heterocycles. The van der Waals surface area contributed by atoms with Crippen LogP contribution >= 0.6 is 11.8 Å². The molecule has 0 amide bonds. The van der Waals surface area contributed by atoms with Crippen molar-refractivity contribution in [1.82, 2.24) is 4.98 Å². The summed E-state index contributed by atoms with van der Waals surface area (Å²) in [6.45, 7) is 0. The molecule has 2 nitrogen and oxygen atoms in total. The van der Waals surface area contributed by atoms with Gasteiger partial charge in [-0.1, -0.05) is 0 Å². The molecule has 3 heteroatoms. The van der Waals surface area contributed by atoms with E-state index in [1.165, 1.54) is 38.5 Å². The van der Waals surface area contributed by atoms with Gasteiger partial charge < -0.3 is 0 Å². The van der Waals surface area contributed by atoms with Gasteiger partial charge in [0.05, 0.1) is 5.75 Å². The Bertz CT molecular complexity index is 478. The van der Waals surface area contributed by atoms with Gasteiger partial charge in [0.25, 0.3) is 0 Å². The van der Waals surface area contributed by atoms with Crippen LogP contribution < -0.4 is 0 Å². The Balaban J connectivity index is 1.46. The molecule has 20 heavy (non-hydrogen) atoms. The van der Waals surface area contributed by atoms with Crippen LogP contribution in [0.1, 0.15) is 38.5 Å². The maximum Gasteiger partial charge on any atom is 0.149 e. The number of ketones is 1. The zero-order chi connectivity index (χ0) is 13.6. The van der Waals surface area contributed by atoms with Crippen molar-refractivity contribution in [1.29, 1.82) is 0 Å². The Hall–Kier alpha value is -0.830. The smallest absolute Gasteiger partial charge is 0.149 e. The van der Waals surface area contributed by atoms with Gasteiger partial charge in [0, 0.05) is 22.7 Å². The van der Waals surface area contributed by atoms with Crippen LogP contribution in [0.2, 0.25) is 0 Å². The fourth-order valence-electron chi connectivity index (χ4n) is 5.19. The van der Waals surface area contributed by atoms with Crippen molar-refractivity contribution >= 4 is 17.5 Å². The Morgan fingerprint density at radius 2 is 1.65 bits per heavy atom. The van der Waals surface area contributed by atoms with Gasteiger partial charge in [0.2, 0.25) is 0 Å². The number of aromatic nitrogens is 1. The van der Waals surface area contributed by atoms with E-state index in [1.54, 1.807) is 24.2 Å². The molecule has 0 saturated heterocycles. The largest absolute Gasteiger partial charge is 0.298 e. The first-order valence-corrected chi connectivity index (χ1v) is 8.78. The van der Waals surface area contributed by atoms with Crippen LogP contribution in [0, 0.1) is 23.2 Å². The van der Waals surface area contributed by atoms with Crippen LogP contribution in [-0.4, -0.2) is 16.5 Å². The second-order valence-corrected chi connectivity index (χ2v) is 8.14. The highest BCUT2D eigenvalue weighted by molar-refractivity contribution is 8.00. The molecule has 4 aliphatic rings. The Kier molecular flexibility index (Phi) is 3.13. The Morgan fingerprint density at radius 3 is 2.20 bits per heavy atom. The van der Waals surface area contributed by atoms with E-state index in [0.29, 0.717) is 11.5 Å². The summed E-state index contributed by atoms with van der Waals surface area (Å²) in [6, 6.07) is 4.00. The zero-order valence-corrected chi connectivity index (χ0v) is 12.6. The molecule has 5 rings (SSSR count). The third-order valence-corrected chi connectivity index (χ3v) is 6.66. The second-order valence-electron chi connectivity index (χ2n) is 7.09. The fourth-order valence-corrected chi connectivity index (χ4v) is 6.11. The molecule has 0 aromatic carbocycles. The first-order valence-electron chi connectivity index (χ1n) is 7.80. The zero-order valence-electron chi connectivity index (χ0n) is 11.8. The molecule has 0 atom stereocenters. The lowest BCUT2D eigenvalue weighted by molar-refractivity contribution is -0.141. The van der Waals surface area contributed by atoms with E-state index in [-0.39, 0.29) is 5.41 Å². The van der Waals surface area contributed by atoms with Crippen molar-refractivity contribution in [2.24, 2.45) is 23.2 Å². The highest BCUT2D eigenvalue weighted by atomic mass is 32.2. The van der Waals surface area contributed by atoms with Crippen LogP contribution in [0.15, 0.2) is 29.4 Å². The van der Waals surface area contributed by atoms with Crippen LogP contribution in [0.4, 0.5) is 0 Å². The van der Waals surface area contributed by atoms with E-state index in [2.05, 4.69) is 4.98 Å². The lowest BCUT2D eigenvalue weighted by Crippen LogP contribution is -2.50. The molecule has 0 N–H and O–H groups in total. The fraction of sp³-hybridized carbons (Fsp3) is 0.647. The lowest BCUT2D eigenvalue weighted by atomic mass is 9.48. The van der Waals surface area contributed by atoms with Crippen LogP contribution in [0.5, 0.6) is 0 Å². The van der Waals surface area contributed by atoms with E-state index in [0.717, 1.165) is 22.6 Å². The molecule has 0 radical (unpaired) electrons. The van der Waals surface area contributed by atoms with E-state index < -0.39 is 0 Å². The van der Waals surface area contributed by atoms with E-state index >= 15 is 0 Å². The number of pyridine rings is 1. The van der Waals surface area contributed by atoms with Gasteiger partial charge in [-0.05, 0) is 68.4 Å². The average molecular weight is 287 g/mol. The van der Waals surface area contributed by atoms with Gasteiger partial charge in [-0.15, -0.1) is 11.8 Å². The minimum atomic E-state index is 0.0643. The van der Waals surface area contributed by atoms with Gasteiger partial charge in [-0.3, -0.25) is 9.78 Å². The topological polar surface area (TPSA) is 30.0 Å². The predicted octanol–water partition coefficient (Wildman–Crippen LogP) is 3.96. The molecular weight excluding hydrogens is 266 g/mol. The summed E-state index contributed by atoms with van der Waals surface area (Å²) < 4.78 is 0. The molecule has 4 fully saturated rings. The second kappa shape index (κ2) is 4.87. The monoisotopic (exact) mass is 287 g/mol. The molecule has 1 heterocycles. The number of carbonyl (C=O) groups is 1. The standard InChI is InChI=1S/C17H21NOS/c19-16(11-20-15-1-3-18-4-2-15)17-8-12-5-13(9-17)7-14(6-12)10-17/h1-4,12-14H,5-11H2. The first kappa shape index (κ1) is 12.9. The summed E-state index contributed by atoms with van der Waals surface area (Å²) in [5, 5.41) is 0. The van der Waals surface area contributed by atoms with Gasteiger partial charge in [0.1, 0.15) is 5.78 Å².